The summed E-state index contributed by atoms with van der Waals surface area (Å²) in [7, 11) is 0. The van der Waals surface area contributed by atoms with Crippen molar-refractivity contribution in [1.82, 2.24) is 9.80 Å². The molecule has 2 aromatic carbocycles. The van der Waals surface area contributed by atoms with Crippen molar-refractivity contribution in [2.24, 2.45) is 0 Å². The third-order valence-electron chi connectivity index (χ3n) is 4.76. The number of likely N-dealkylation sites (N-methyl/N-ethyl adjacent to an activating group) is 1. The lowest BCUT2D eigenvalue weighted by atomic mass is 10.1. The number of para-hydroxylation sites is 1. The Morgan fingerprint density at radius 1 is 1.09 bits per heavy atom. The van der Waals surface area contributed by atoms with Gasteiger partial charge in [0.05, 0.1) is 32.8 Å². The van der Waals surface area contributed by atoms with Gasteiger partial charge in [0.25, 0.3) is 17.5 Å². The molecule has 0 bridgehead atoms. The molecule has 1 N–H and O–H groups in total. The third-order valence-corrected chi connectivity index (χ3v) is 5.39. The Hall–Kier alpha value is -3.50. The van der Waals surface area contributed by atoms with Crippen molar-refractivity contribution in [2.75, 3.05) is 25.0 Å². The van der Waals surface area contributed by atoms with Crippen LogP contribution in [0.15, 0.2) is 36.4 Å². The Labute approximate surface area is 191 Å². The van der Waals surface area contributed by atoms with E-state index in [2.05, 4.69) is 5.32 Å². The molecular weight excluding hydrogens is 463 g/mol. The predicted octanol–water partition coefficient (Wildman–Crippen LogP) is 2.98. The van der Waals surface area contributed by atoms with Gasteiger partial charge >= 0.3 is 0 Å². The van der Waals surface area contributed by atoms with Crippen LogP contribution >= 0.6 is 23.2 Å². The smallest absolute Gasteiger partial charge is 0.282 e. The van der Waals surface area contributed by atoms with Gasteiger partial charge in [-0.15, -0.1) is 0 Å². The number of hydrogen-bond donors (Lipinski definition) is 1. The van der Waals surface area contributed by atoms with Gasteiger partial charge < -0.3 is 10.2 Å². The number of carbonyl (C=O) groups excluding carboxylic acids is 4. The lowest BCUT2D eigenvalue weighted by Crippen LogP contribution is -2.45. The first-order chi connectivity index (χ1) is 15.1. The number of amides is 4. The molecule has 166 valence electrons. The molecule has 1 aliphatic rings. The molecule has 0 saturated heterocycles. The van der Waals surface area contributed by atoms with E-state index in [4.69, 9.17) is 23.2 Å². The second kappa shape index (κ2) is 9.33. The standard InChI is InChI=1S/C20H16Cl2N4O6/c1-2-24(9-15(27)23-18-12(21)6-4-7-13(18)22)16(28)10-25-19(29)11-5-3-8-14(26(31)32)17(11)20(25)30/h3-8H,2,9-10H2,1H3,(H,23,27). The maximum absolute atomic E-state index is 12.7. The lowest BCUT2D eigenvalue weighted by molar-refractivity contribution is -0.385. The first-order valence-electron chi connectivity index (χ1n) is 9.30. The number of anilines is 1. The number of hydrogen-bond acceptors (Lipinski definition) is 6. The van der Waals surface area contributed by atoms with Crippen LogP contribution in [0.4, 0.5) is 11.4 Å². The number of carbonyl (C=O) groups is 4. The van der Waals surface area contributed by atoms with Gasteiger partial charge in [-0.25, -0.2) is 0 Å². The molecule has 0 aromatic heterocycles. The van der Waals surface area contributed by atoms with Crippen molar-refractivity contribution in [3.8, 4) is 0 Å². The highest BCUT2D eigenvalue weighted by Crippen LogP contribution is 2.31. The number of fused-ring (bicyclic) bond motifs is 1. The van der Waals surface area contributed by atoms with Gasteiger partial charge in [0.2, 0.25) is 11.8 Å². The van der Waals surface area contributed by atoms with Crippen LogP contribution in [0.5, 0.6) is 0 Å². The minimum Gasteiger partial charge on any atom is -0.332 e. The summed E-state index contributed by atoms with van der Waals surface area (Å²) in [5.41, 5.74) is -0.827. The van der Waals surface area contributed by atoms with Crippen LogP contribution in [-0.2, 0) is 9.59 Å². The molecule has 4 amide bonds. The fraction of sp³-hybridized carbons (Fsp3) is 0.200. The number of nitro groups is 1. The zero-order valence-electron chi connectivity index (χ0n) is 16.6. The molecule has 1 aliphatic heterocycles. The van der Waals surface area contributed by atoms with Crippen molar-refractivity contribution in [3.05, 3.63) is 67.7 Å². The number of rotatable bonds is 7. The van der Waals surface area contributed by atoms with Crippen molar-refractivity contribution in [1.29, 1.82) is 0 Å². The third kappa shape index (κ3) is 4.41. The molecule has 0 atom stereocenters. The van der Waals surface area contributed by atoms with Gasteiger partial charge in [-0.3, -0.25) is 34.2 Å². The summed E-state index contributed by atoms with van der Waals surface area (Å²) in [6.45, 7) is 0.657. The average Bonchev–Trinajstić information content (AvgIpc) is 2.99. The topological polar surface area (TPSA) is 130 Å². The Morgan fingerprint density at radius 3 is 2.31 bits per heavy atom. The Balaban J connectivity index is 1.72. The van der Waals surface area contributed by atoms with Crippen LogP contribution in [0, 0.1) is 10.1 Å². The summed E-state index contributed by atoms with van der Waals surface area (Å²) in [6.07, 6.45) is 0. The number of nitrogens with zero attached hydrogens (tertiary/aromatic N) is 3. The van der Waals surface area contributed by atoms with Crippen LogP contribution in [0.3, 0.4) is 0 Å². The second-order valence-electron chi connectivity index (χ2n) is 6.71. The SMILES string of the molecule is CCN(CC(=O)Nc1c(Cl)cccc1Cl)C(=O)CN1C(=O)c2cccc([N+](=O)[O-])c2C1=O. The summed E-state index contributed by atoms with van der Waals surface area (Å²) in [5.74, 6) is -3.03. The first-order valence-corrected chi connectivity index (χ1v) is 10.1. The maximum Gasteiger partial charge on any atom is 0.282 e. The zero-order chi connectivity index (χ0) is 23.6. The van der Waals surface area contributed by atoms with Crippen LogP contribution in [0.1, 0.15) is 27.6 Å². The molecule has 3 rings (SSSR count). The minimum absolute atomic E-state index is 0.103. The van der Waals surface area contributed by atoms with Crippen LogP contribution < -0.4 is 5.32 Å². The number of imide groups is 1. The predicted molar refractivity (Wildman–Crippen MR) is 116 cm³/mol. The van der Waals surface area contributed by atoms with Gasteiger partial charge in [0, 0.05) is 12.6 Å². The minimum atomic E-state index is -0.936. The van der Waals surface area contributed by atoms with E-state index < -0.39 is 40.8 Å². The Kier molecular flexibility index (Phi) is 6.75. The molecule has 0 fully saturated rings. The van der Waals surface area contributed by atoms with Gasteiger partial charge in [-0.05, 0) is 25.1 Å². The van der Waals surface area contributed by atoms with E-state index in [0.717, 1.165) is 11.0 Å². The van der Waals surface area contributed by atoms with E-state index >= 15 is 0 Å². The highest BCUT2D eigenvalue weighted by atomic mass is 35.5. The van der Waals surface area contributed by atoms with Crippen molar-refractivity contribution in [3.63, 3.8) is 0 Å². The largest absolute Gasteiger partial charge is 0.332 e. The molecule has 0 saturated carbocycles. The van der Waals surface area contributed by atoms with E-state index in [1.807, 2.05) is 0 Å². The molecule has 0 unspecified atom stereocenters. The van der Waals surface area contributed by atoms with Crippen molar-refractivity contribution >= 4 is 58.2 Å². The lowest BCUT2D eigenvalue weighted by Gasteiger charge is -2.23. The Morgan fingerprint density at radius 2 is 1.72 bits per heavy atom. The van der Waals surface area contributed by atoms with E-state index in [9.17, 15) is 29.3 Å². The second-order valence-corrected chi connectivity index (χ2v) is 7.52. The molecule has 32 heavy (non-hydrogen) atoms. The van der Waals surface area contributed by atoms with Gasteiger partial charge in [0.1, 0.15) is 12.1 Å². The number of halogens is 2. The number of benzene rings is 2. The highest BCUT2D eigenvalue weighted by molar-refractivity contribution is 6.39. The number of nitrogens with one attached hydrogen (secondary N) is 1. The zero-order valence-corrected chi connectivity index (χ0v) is 18.1. The van der Waals surface area contributed by atoms with E-state index in [1.54, 1.807) is 13.0 Å². The fourth-order valence-electron chi connectivity index (χ4n) is 3.19. The van der Waals surface area contributed by atoms with E-state index in [0.29, 0.717) is 4.90 Å². The van der Waals surface area contributed by atoms with Gasteiger partial charge in [-0.2, -0.15) is 0 Å². The van der Waals surface area contributed by atoms with Crippen molar-refractivity contribution in [2.45, 2.75) is 6.92 Å². The number of nitro benzene ring substituents is 1. The molecular formula is C20H16Cl2N4O6. The van der Waals surface area contributed by atoms with Crippen molar-refractivity contribution < 1.29 is 24.1 Å². The van der Waals surface area contributed by atoms with Crippen LogP contribution in [0.2, 0.25) is 10.0 Å². The molecule has 2 aromatic rings. The summed E-state index contributed by atoms with van der Waals surface area (Å²) < 4.78 is 0. The summed E-state index contributed by atoms with van der Waals surface area (Å²) >= 11 is 12.0. The van der Waals surface area contributed by atoms with Crippen LogP contribution in [-0.4, -0.2) is 58.0 Å². The van der Waals surface area contributed by atoms with E-state index in [-0.39, 0.29) is 39.9 Å². The first kappa shape index (κ1) is 23.2. The van der Waals surface area contributed by atoms with Gasteiger partial charge in [-0.1, -0.05) is 35.3 Å². The average molecular weight is 479 g/mol. The fourth-order valence-corrected chi connectivity index (χ4v) is 3.68. The summed E-state index contributed by atoms with van der Waals surface area (Å²) in [6, 6.07) is 8.36. The molecule has 0 radical (unpaired) electrons. The normalized spacial score (nSPS) is 12.5. The Bertz CT molecular complexity index is 1130. The molecule has 0 aliphatic carbocycles. The highest BCUT2D eigenvalue weighted by Gasteiger charge is 2.42. The molecule has 0 spiro atoms. The molecule has 1 heterocycles. The summed E-state index contributed by atoms with van der Waals surface area (Å²) in [5, 5.41) is 14.2. The maximum atomic E-state index is 12.7. The van der Waals surface area contributed by atoms with Gasteiger partial charge in [0.15, 0.2) is 0 Å². The quantitative estimate of drug-likeness (QED) is 0.369. The monoisotopic (exact) mass is 478 g/mol. The van der Waals surface area contributed by atoms with E-state index in [1.165, 1.54) is 24.3 Å². The molecule has 10 nitrogen and oxygen atoms in total. The molecule has 12 heteroatoms. The summed E-state index contributed by atoms with van der Waals surface area (Å²) in [4.78, 5) is 62.5. The van der Waals surface area contributed by atoms with Crippen LogP contribution in [0.25, 0.3) is 0 Å².